The summed E-state index contributed by atoms with van der Waals surface area (Å²) in [6.45, 7) is 4.17. The molecular formula is C13H15NO. The lowest BCUT2D eigenvalue weighted by Crippen LogP contribution is -1.98. The van der Waals surface area contributed by atoms with E-state index in [1.54, 1.807) is 0 Å². The zero-order valence-electron chi connectivity index (χ0n) is 9.37. The van der Waals surface area contributed by atoms with Gasteiger partial charge in [-0.3, -0.25) is 0 Å². The molecule has 0 aliphatic rings. The molecule has 0 radical (unpaired) electrons. The Hall–Kier alpha value is -1.57. The van der Waals surface area contributed by atoms with Crippen LogP contribution in [0.2, 0.25) is 0 Å². The van der Waals surface area contributed by atoms with Crippen LogP contribution >= 0.6 is 0 Å². The van der Waals surface area contributed by atoms with E-state index in [1.807, 2.05) is 7.05 Å². The number of carbonyl (C=O) groups excluding carboxylic acids is 1. The maximum atomic E-state index is 10.6. The average molecular weight is 201 g/mol. The molecule has 0 aliphatic heterocycles. The first-order chi connectivity index (χ1) is 7.15. The van der Waals surface area contributed by atoms with Crippen LogP contribution in [0, 0.1) is 13.8 Å². The largest absolute Gasteiger partial charge is 0.347 e. The number of rotatable bonds is 2. The highest BCUT2D eigenvalue weighted by atomic mass is 16.1. The molecule has 0 saturated heterocycles. The second-order valence-corrected chi connectivity index (χ2v) is 4.02. The molecule has 0 N–H and O–H groups in total. The predicted octanol–water partition coefficient (Wildman–Crippen LogP) is 2.54. The zero-order valence-corrected chi connectivity index (χ0v) is 9.37. The minimum atomic E-state index is 0.496. The summed E-state index contributed by atoms with van der Waals surface area (Å²) in [5.41, 5.74) is 4.80. The average Bonchev–Trinajstić information content (AvgIpc) is 2.44. The van der Waals surface area contributed by atoms with Crippen LogP contribution in [0.1, 0.15) is 16.8 Å². The SMILES string of the molecule is Cc1ccc2c(c1)c(C)c(CC=O)n2C. The van der Waals surface area contributed by atoms with Gasteiger partial charge in [-0.2, -0.15) is 0 Å². The second kappa shape index (κ2) is 3.54. The standard InChI is InChI=1S/C13H15NO/c1-9-4-5-13-11(8-9)10(2)12(6-7-15)14(13)3/h4-5,7-8H,6H2,1-3H3. The monoisotopic (exact) mass is 201 g/mol. The van der Waals surface area contributed by atoms with Crippen molar-refractivity contribution in [2.24, 2.45) is 7.05 Å². The summed E-state index contributed by atoms with van der Waals surface area (Å²) in [6, 6.07) is 6.40. The van der Waals surface area contributed by atoms with Gasteiger partial charge in [0.2, 0.25) is 0 Å². The number of hydrogen-bond acceptors (Lipinski definition) is 1. The number of carbonyl (C=O) groups is 1. The summed E-state index contributed by atoms with van der Waals surface area (Å²) in [5, 5.41) is 1.26. The second-order valence-electron chi connectivity index (χ2n) is 4.02. The third kappa shape index (κ3) is 1.46. The first-order valence-electron chi connectivity index (χ1n) is 5.13. The molecule has 1 heterocycles. The van der Waals surface area contributed by atoms with Gasteiger partial charge in [0.1, 0.15) is 6.29 Å². The van der Waals surface area contributed by atoms with Crippen molar-refractivity contribution in [1.29, 1.82) is 0 Å². The number of aldehydes is 1. The molecule has 78 valence electrons. The minimum absolute atomic E-state index is 0.496. The van der Waals surface area contributed by atoms with E-state index in [-0.39, 0.29) is 0 Å². The zero-order chi connectivity index (χ0) is 11.0. The molecular weight excluding hydrogens is 186 g/mol. The molecule has 0 atom stereocenters. The topological polar surface area (TPSA) is 22.0 Å². The van der Waals surface area contributed by atoms with Gasteiger partial charge in [-0.25, -0.2) is 0 Å². The Balaban J connectivity index is 2.78. The first kappa shape index (κ1) is 9.97. The Kier molecular flexibility index (Phi) is 2.35. The van der Waals surface area contributed by atoms with E-state index < -0.39 is 0 Å². The molecule has 2 heteroatoms. The Morgan fingerprint density at radius 2 is 2.07 bits per heavy atom. The number of fused-ring (bicyclic) bond motifs is 1. The lowest BCUT2D eigenvalue weighted by atomic mass is 10.1. The molecule has 0 spiro atoms. The number of nitrogens with zero attached hydrogens (tertiary/aromatic N) is 1. The summed E-state index contributed by atoms with van der Waals surface area (Å²) >= 11 is 0. The molecule has 2 rings (SSSR count). The van der Waals surface area contributed by atoms with Crippen molar-refractivity contribution in [3.63, 3.8) is 0 Å². The van der Waals surface area contributed by atoms with Gasteiger partial charge in [0, 0.05) is 30.1 Å². The summed E-state index contributed by atoms with van der Waals surface area (Å²) < 4.78 is 2.11. The van der Waals surface area contributed by atoms with Gasteiger partial charge in [0.25, 0.3) is 0 Å². The third-order valence-electron chi connectivity index (χ3n) is 3.03. The van der Waals surface area contributed by atoms with Crippen molar-refractivity contribution in [3.8, 4) is 0 Å². The van der Waals surface area contributed by atoms with E-state index in [0.29, 0.717) is 6.42 Å². The van der Waals surface area contributed by atoms with Crippen LogP contribution in [-0.4, -0.2) is 10.9 Å². The quantitative estimate of drug-likeness (QED) is 0.684. The fourth-order valence-corrected chi connectivity index (χ4v) is 2.16. The van der Waals surface area contributed by atoms with Crippen LogP contribution in [0.3, 0.4) is 0 Å². The molecule has 0 amide bonds. The maximum absolute atomic E-state index is 10.6. The van der Waals surface area contributed by atoms with Crippen molar-refractivity contribution < 1.29 is 4.79 Å². The number of benzene rings is 1. The van der Waals surface area contributed by atoms with Crippen LogP contribution in [0.25, 0.3) is 10.9 Å². The van der Waals surface area contributed by atoms with Crippen molar-refractivity contribution >= 4 is 17.2 Å². The number of hydrogen-bond donors (Lipinski definition) is 0. The van der Waals surface area contributed by atoms with Crippen LogP contribution < -0.4 is 0 Å². The highest BCUT2D eigenvalue weighted by Gasteiger charge is 2.10. The van der Waals surface area contributed by atoms with E-state index in [4.69, 9.17) is 0 Å². The summed E-state index contributed by atoms with van der Waals surface area (Å²) in [4.78, 5) is 10.6. The molecule has 0 saturated carbocycles. The minimum Gasteiger partial charge on any atom is -0.347 e. The Morgan fingerprint density at radius 3 is 2.73 bits per heavy atom. The van der Waals surface area contributed by atoms with Gasteiger partial charge in [0.15, 0.2) is 0 Å². The Bertz CT molecular complexity index is 523. The highest BCUT2D eigenvalue weighted by Crippen LogP contribution is 2.25. The summed E-state index contributed by atoms with van der Waals surface area (Å²) in [5.74, 6) is 0. The highest BCUT2D eigenvalue weighted by molar-refractivity contribution is 5.86. The van der Waals surface area contributed by atoms with Crippen LogP contribution in [0.15, 0.2) is 18.2 Å². The fraction of sp³-hybridized carbons (Fsp3) is 0.308. The number of aryl methyl sites for hydroxylation is 3. The number of aromatic nitrogens is 1. The predicted molar refractivity (Wildman–Crippen MR) is 62.2 cm³/mol. The molecule has 1 aromatic heterocycles. The fourth-order valence-electron chi connectivity index (χ4n) is 2.16. The Morgan fingerprint density at radius 1 is 1.33 bits per heavy atom. The van der Waals surface area contributed by atoms with Crippen molar-refractivity contribution in [2.75, 3.05) is 0 Å². The van der Waals surface area contributed by atoms with Crippen LogP contribution in [0.5, 0.6) is 0 Å². The molecule has 2 aromatic rings. The van der Waals surface area contributed by atoms with Gasteiger partial charge in [0.05, 0.1) is 0 Å². The van der Waals surface area contributed by atoms with Crippen LogP contribution in [-0.2, 0) is 18.3 Å². The smallest absolute Gasteiger partial charge is 0.125 e. The maximum Gasteiger partial charge on any atom is 0.125 e. The van der Waals surface area contributed by atoms with E-state index >= 15 is 0 Å². The van der Waals surface area contributed by atoms with Crippen molar-refractivity contribution in [3.05, 3.63) is 35.0 Å². The van der Waals surface area contributed by atoms with E-state index in [2.05, 4.69) is 36.6 Å². The molecule has 0 fully saturated rings. The molecule has 0 aliphatic carbocycles. The van der Waals surface area contributed by atoms with Gasteiger partial charge < -0.3 is 9.36 Å². The lowest BCUT2D eigenvalue weighted by molar-refractivity contribution is -0.107. The van der Waals surface area contributed by atoms with Crippen molar-refractivity contribution in [2.45, 2.75) is 20.3 Å². The first-order valence-corrected chi connectivity index (χ1v) is 5.13. The molecule has 0 bridgehead atoms. The van der Waals surface area contributed by atoms with E-state index in [1.165, 1.54) is 22.0 Å². The van der Waals surface area contributed by atoms with Gasteiger partial charge in [-0.05, 0) is 31.5 Å². The van der Waals surface area contributed by atoms with Crippen LogP contribution in [0.4, 0.5) is 0 Å². The van der Waals surface area contributed by atoms with E-state index in [9.17, 15) is 4.79 Å². The molecule has 15 heavy (non-hydrogen) atoms. The molecule has 1 aromatic carbocycles. The van der Waals surface area contributed by atoms with Gasteiger partial charge in [-0.1, -0.05) is 11.6 Å². The lowest BCUT2D eigenvalue weighted by Gasteiger charge is -2.00. The molecule has 0 unspecified atom stereocenters. The normalized spacial score (nSPS) is 10.9. The molecule has 2 nitrogen and oxygen atoms in total. The Labute approximate surface area is 89.5 Å². The van der Waals surface area contributed by atoms with Crippen molar-refractivity contribution in [1.82, 2.24) is 4.57 Å². The summed E-state index contributed by atoms with van der Waals surface area (Å²) in [7, 11) is 2.02. The summed E-state index contributed by atoms with van der Waals surface area (Å²) in [6.07, 6.45) is 1.46. The van der Waals surface area contributed by atoms with E-state index in [0.717, 1.165) is 12.0 Å². The third-order valence-corrected chi connectivity index (χ3v) is 3.03. The van der Waals surface area contributed by atoms with Gasteiger partial charge >= 0.3 is 0 Å². The van der Waals surface area contributed by atoms with Gasteiger partial charge in [-0.15, -0.1) is 0 Å².